The summed E-state index contributed by atoms with van der Waals surface area (Å²) in [5, 5.41) is 8.67. The Hall–Kier alpha value is -2.45. The zero-order valence-electron chi connectivity index (χ0n) is 10.7. The van der Waals surface area contributed by atoms with Crippen LogP contribution in [0.25, 0.3) is 0 Å². The first-order chi connectivity index (χ1) is 9.52. The van der Waals surface area contributed by atoms with Crippen LogP contribution >= 0.6 is 0 Å². The summed E-state index contributed by atoms with van der Waals surface area (Å²) in [6.45, 7) is 1.68. The fourth-order valence-corrected chi connectivity index (χ4v) is 1.75. The smallest absolute Gasteiger partial charge is 0.167 e. The number of para-hydroxylation sites is 1. The highest BCUT2D eigenvalue weighted by atomic mass is 19.1. The summed E-state index contributed by atoms with van der Waals surface area (Å²) in [5.41, 5.74) is 6.34. The van der Waals surface area contributed by atoms with E-state index in [2.05, 4.69) is 0 Å². The molecular weight excluding hydrogens is 262 g/mol. The van der Waals surface area contributed by atoms with Crippen LogP contribution in [-0.2, 0) is 0 Å². The lowest BCUT2D eigenvalue weighted by Crippen LogP contribution is -2.08. The van der Waals surface area contributed by atoms with Gasteiger partial charge in [-0.05, 0) is 31.2 Å². The number of nitrogens with zero attached hydrogens (tertiary/aromatic N) is 1. The Morgan fingerprint density at radius 1 is 1.20 bits per heavy atom. The minimum atomic E-state index is -0.733. The molecule has 0 saturated carbocycles. The van der Waals surface area contributed by atoms with Gasteiger partial charge in [-0.2, -0.15) is 5.26 Å². The Labute approximate surface area is 115 Å². The molecule has 2 aromatic rings. The summed E-state index contributed by atoms with van der Waals surface area (Å²) >= 11 is 0. The third-order valence-electron chi connectivity index (χ3n) is 2.76. The second-order valence-electron chi connectivity index (χ2n) is 4.31. The summed E-state index contributed by atoms with van der Waals surface area (Å²) in [7, 11) is 0. The van der Waals surface area contributed by atoms with Gasteiger partial charge in [-0.1, -0.05) is 12.1 Å². The van der Waals surface area contributed by atoms with Crippen molar-refractivity contribution < 1.29 is 13.5 Å². The fraction of sp³-hybridized carbons (Fsp3) is 0.133. The molecule has 1 atom stereocenters. The van der Waals surface area contributed by atoms with E-state index in [4.69, 9.17) is 15.7 Å². The lowest BCUT2D eigenvalue weighted by atomic mass is 10.1. The third kappa shape index (κ3) is 2.76. The summed E-state index contributed by atoms with van der Waals surface area (Å²) < 4.78 is 32.9. The number of halogens is 2. The van der Waals surface area contributed by atoms with Crippen molar-refractivity contribution in [2.45, 2.75) is 13.0 Å². The Morgan fingerprint density at radius 3 is 2.55 bits per heavy atom. The quantitative estimate of drug-likeness (QED) is 0.929. The molecule has 2 rings (SSSR count). The van der Waals surface area contributed by atoms with Crippen LogP contribution in [0.4, 0.5) is 8.78 Å². The first-order valence-corrected chi connectivity index (χ1v) is 5.94. The van der Waals surface area contributed by atoms with Crippen molar-refractivity contribution in [2.24, 2.45) is 5.73 Å². The highest BCUT2D eigenvalue weighted by Gasteiger charge is 2.16. The third-order valence-corrected chi connectivity index (χ3v) is 2.76. The van der Waals surface area contributed by atoms with Gasteiger partial charge in [0, 0.05) is 11.6 Å². The molecule has 0 bridgehead atoms. The molecule has 0 unspecified atom stereocenters. The normalized spacial score (nSPS) is 11.8. The van der Waals surface area contributed by atoms with E-state index in [1.807, 2.05) is 6.07 Å². The minimum absolute atomic E-state index is 0.105. The zero-order chi connectivity index (χ0) is 14.7. The van der Waals surface area contributed by atoms with E-state index in [9.17, 15) is 8.78 Å². The van der Waals surface area contributed by atoms with Crippen LogP contribution in [0.1, 0.15) is 24.1 Å². The van der Waals surface area contributed by atoms with E-state index >= 15 is 0 Å². The Balaban J connectivity index is 2.43. The average molecular weight is 274 g/mol. The molecule has 0 aliphatic rings. The van der Waals surface area contributed by atoms with Gasteiger partial charge in [0.1, 0.15) is 0 Å². The van der Waals surface area contributed by atoms with Crippen LogP contribution in [-0.4, -0.2) is 0 Å². The fourth-order valence-electron chi connectivity index (χ4n) is 1.75. The molecule has 0 aliphatic heterocycles. The van der Waals surface area contributed by atoms with Crippen molar-refractivity contribution in [3.8, 4) is 17.6 Å². The SMILES string of the molecule is C[C@@H](N)c1cccc(F)c1Oc1ccc(C#N)cc1F. The molecule has 2 aromatic carbocycles. The van der Waals surface area contributed by atoms with Gasteiger partial charge in [0.15, 0.2) is 23.1 Å². The first-order valence-electron chi connectivity index (χ1n) is 5.94. The number of nitrogens with two attached hydrogens (primary N) is 1. The lowest BCUT2D eigenvalue weighted by Gasteiger charge is -2.14. The van der Waals surface area contributed by atoms with Crippen molar-refractivity contribution in [1.29, 1.82) is 5.26 Å². The molecule has 0 aromatic heterocycles. The second-order valence-corrected chi connectivity index (χ2v) is 4.31. The standard InChI is InChI=1S/C15H12F2N2O/c1-9(19)11-3-2-4-12(16)15(11)20-14-6-5-10(8-18)7-13(14)17/h2-7,9H,19H2,1H3/t9-/m1/s1. The van der Waals surface area contributed by atoms with Crippen LogP contribution in [0.15, 0.2) is 36.4 Å². The molecule has 5 heteroatoms. The maximum Gasteiger partial charge on any atom is 0.167 e. The number of nitriles is 1. The monoisotopic (exact) mass is 274 g/mol. The van der Waals surface area contributed by atoms with Gasteiger partial charge < -0.3 is 10.5 Å². The van der Waals surface area contributed by atoms with Gasteiger partial charge >= 0.3 is 0 Å². The van der Waals surface area contributed by atoms with Gasteiger partial charge in [0.05, 0.1) is 11.6 Å². The average Bonchev–Trinajstić information content (AvgIpc) is 2.42. The molecule has 0 spiro atoms. The van der Waals surface area contributed by atoms with Gasteiger partial charge in [-0.25, -0.2) is 8.78 Å². The molecule has 0 aliphatic carbocycles. The molecule has 3 nitrogen and oxygen atoms in total. The summed E-state index contributed by atoms with van der Waals surface area (Å²) in [6, 6.07) is 9.40. The summed E-state index contributed by atoms with van der Waals surface area (Å²) in [5.74, 6) is -1.62. The molecule has 0 saturated heterocycles. The zero-order valence-corrected chi connectivity index (χ0v) is 10.7. The second kappa shape index (κ2) is 5.68. The topological polar surface area (TPSA) is 59.0 Å². The number of rotatable bonds is 3. The van der Waals surface area contributed by atoms with Gasteiger partial charge in [-0.3, -0.25) is 0 Å². The highest BCUT2D eigenvalue weighted by Crippen LogP contribution is 2.32. The van der Waals surface area contributed by atoms with Crippen LogP contribution in [0, 0.1) is 23.0 Å². The van der Waals surface area contributed by atoms with Crippen molar-refractivity contribution in [1.82, 2.24) is 0 Å². The Bertz CT molecular complexity index is 678. The highest BCUT2D eigenvalue weighted by molar-refractivity contribution is 5.43. The molecular formula is C15H12F2N2O. The van der Waals surface area contributed by atoms with Crippen LogP contribution in [0.3, 0.4) is 0 Å². The van der Waals surface area contributed by atoms with E-state index in [0.29, 0.717) is 5.56 Å². The van der Waals surface area contributed by atoms with Crippen LogP contribution < -0.4 is 10.5 Å². The van der Waals surface area contributed by atoms with Crippen molar-refractivity contribution in [2.75, 3.05) is 0 Å². The molecule has 0 heterocycles. The largest absolute Gasteiger partial charge is 0.451 e. The molecule has 0 fully saturated rings. The number of hydrogen-bond acceptors (Lipinski definition) is 3. The number of ether oxygens (including phenoxy) is 1. The van der Waals surface area contributed by atoms with Gasteiger partial charge in [0.2, 0.25) is 0 Å². The molecule has 102 valence electrons. The maximum absolute atomic E-state index is 13.8. The first kappa shape index (κ1) is 14.0. The van der Waals surface area contributed by atoms with Crippen molar-refractivity contribution >= 4 is 0 Å². The minimum Gasteiger partial charge on any atom is -0.451 e. The van der Waals surface area contributed by atoms with Crippen molar-refractivity contribution in [3.05, 3.63) is 59.2 Å². The Kier molecular flexibility index (Phi) is 3.97. The Morgan fingerprint density at radius 2 is 1.95 bits per heavy atom. The summed E-state index contributed by atoms with van der Waals surface area (Å²) in [4.78, 5) is 0. The van der Waals surface area contributed by atoms with Crippen molar-refractivity contribution in [3.63, 3.8) is 0 Å². The van der Waals surface area contributed by atoms with Crippen LogP contribution in [0.5, 0.6) is 11.5 Å². The van der Waals surface area contributed by atoms with E-state index in [-0.39, 0.29) is 17.1 Å². The van der Waals surface area contributed by atoms with E-state index in [1.165, 1.54) is 24.3 Å². The number of hydrogen-bond donors (Lipinski definition) is 1. The predicted octanol–water partition coefficient (Wildman–Crippen LogP) is 3.65. The van der Waals surface area contributed by atoms with E-state index < -0.39 is 17.7 Å². The van der Waals surface area contributed by atoms with Gasteiger partial charge in [-0.15, -0.1) is 0 Å². The molecule has 0 amide bonds. The summed E-state index contributed by atoms with van der Waals surface area (Å²) in [6.07, 6.45) is 0. The van der Waals surface area contributed by atoms with E-state index in [1.54, 1.807) is 13.0 Å². The maximum atomic E-state index is 13.8. The lowest BCUT2D eigenvalue weighted by molar-refractivity contribution is 0.407. The van der Waals surface area contributed by atoms with Crippen LogP contribution in [0.2, 0.25) is 0 Å². The molecule has 2 N–H and O–H groups in total. The molecule has 20 heavy (non-hydrogen) atoms. The molecule has 0 radical (unpaired) electrons. The van der Waals surface area contributed by atoms with Gasteiger partial charge in [0.25, 0.3) is 0 Å². The number of benzene rings is 2. The van der Waals surface area contributed by atoms with E-state index in [0.717, 1.165) is 6.07 Å². The predicted molar refractivity (Wildman–Crippen MR) is 70.2 cm³/mol.